The number of hydrogen-bond acceptors (Lipinski definition) is 4. The van der Waals surface area contributed by atoms with E-state index in [1.54, 1.807) is 0 Å². The highest BCUT2D eigenvalue weighted by Gasteiger charge is 2.68. The van der Waals surface area contributed by atoms with Crippen LogP contribution in [0.1, 0.15) is 6.92 Å². The number of phenolic OH excluding ortho intramolecular Hbond substituents is 1. The van der Waals surface area contributed by atoms with Crippen LogP contribution < -0.4 is 15.6 Å². The minimum absolute atomic E-state index is 0.323. The third-order valence-corrected chi connectivity index (χ3v) is 4.17. The summed E-state index contributed by atoms with van der Waals surface area (Å²) >= 11 is 0. The summed E-state index contributed by atoms with van der Waals surface area (Å²) in [6.45, 7) is -0.323. The molecule has 0 saturated carbocycles. The number of phenols is 1. The number of sulfonamides is 1. The molecule has 142 valence electrons. The zero-order valence-corrected chi connectivity index (χ0v) is 13.0. The fourth-order valence-corrected chi connectivity index (χ4v) is 2.26. The van der Waals surface area contributed by atoms with Crippen LogP contribution >= 0.6 is 0 Å². The largest absolute Gasteiger partial charge is 0.508 e. The number of hydrogen-bond donors (Lipinski definition) is 4. The molecule has 1 rings (SSSR count). The average Bonchev–Trinajstić information content (AvgIpc) is 2.43. The number of carbonyl (C=O) groups excluding carboxylic acids is 1. The van der Waals surface area contributed by atoms with Gasteiger partial charge in [0.15, 0.2) is 0 Å². The first-order valence-corrected chi connectivity index (χ1v) is 7.61. The summed E-state index contributed by atoms with van der Waals surface area (Å²) in [4.78, 5) is 12.0. The molecule has 25 heavy (non-hydrogen) atoms. The van der Waals surface area contributed by atoms with Crippen molar-refractivity contribution in [3.63, 3.8) is 0 Å². The Kier molecular flexibility index (Phi) is 5.49. The van der Waals surface area contributed by atoms with Gasteiger partial charge in [-0.05, 0) is 25.1 Å². The van der Waals surface area contributed by atoms with Gasteiger partial charge in [0.05, 0.1) is 4.90 Å². The summed E-state index contributed by atoms with van der Waals surface area (Å²) in [5.74, 6) is -0.478. The van der Waals surface area contributed by atoms with E-state index in [4.69, 9.17) is 5.11 Å². The summed E-state index contributed by atoms with van der Waals surface area (Å²) in [6.07, 6.45) is -11.8. The smallest absolute Gasteiger partial charge is 0.420 e. The Bertz CT molecular complexity index is 733. The Labute approximate surface area is 137 Å². The SMILES string of the molecule is CC(NC(=O)NNS(=O)(=O)c1cccc(O)c1)(C(F)(F)F)C(F)(F)F. The number of carbonyl (C=O) groups is 1. The summed E-state index contributed by atoms with van der Waals surface area (Å²) in [7, 11) is -4.55. The van der Waals surface area contributed by atoms with E-state index in [0.717, 1.165) is 24.3 Å². The van der Waals surface area contributed by atoms with Crippen LogP contribution in [0.2, 0.25) is 0 Å². The fourth-order valence-electron chi connectivity index (χ4n) is 1.38. The summed E-state index contributed by atoms with van der Waals surface area (Å²) < 4.78 is 99.2. The molecule has 0 spiro atoms. The van der Waals surface area contributed by atoms with Crippen molar-refractivity contribution in [1.82, 2.24) is 15.6 Å². The minimum atomic E-state index is -5.90. The van der Waals surface area contributed by atoms with Gasteiger partial charge in [-0.2, -0.15) is 26.3 Å². The lowest BCUT2D eigenvalue weighted by Gasteiger charge is -2.34. The topological polar surface area (TPSA) is 108 Å². The normalized spacial score (nSPS) is 13.4. The molecule has 2 amide bonds. The van der Waals surface area contributed by atoms with Gasteiger partial charge in [0.25, 0.3) is 10.0 Å². The lowest BCUT2D eigenvalue weighted by molar-refractivity contribution is -0.297. The molecular weight excluding hydrogens is 384 g/mol. The van der Waals surface area contributed by atoms with Crippen LogP contribution in [-0.2, 0) is 10.0 Å². The van der Waals surface area contributed by atoms with Gasteiger partial charge in [-0.15, -0.1) is 4.83 Å². The Morgan fingerprint density at radius 1 is 1.08 bits per heavy atom. The number of rotatable bonds is 4. The molecule has 7 nitrogen and oxygen atoms in total. The maximum absolute atomic E-state index is 12.6. The second kappa shape index (κ2) is 6.59. The summed E-state index contributed by atoms with van der Waals surface area (Å²) in [5.41, 5.74) is -3.44. The van der Waals surface area contributed by atoms with E-state index < -0.39 is 44.6 Å². The van der Waals surface area contributed by atoms with E-state index in [-0.39, 0.29) is 6.92 Å². The maximum atomic E-state index is 12.6. The maximum Gasteiger partial charge on any atom is 0.420 e. The van der Waals surface area contributed by atoms with E-state index >= 15 is 0 Å². The van der Waals surface area contributed by atoms with E-state index in [1.165, 1.54) is 10.3 Å². The first-order chi connectivity index (χ1) is 11.1. The predicted molar refractivity (Wildman–Crippen MR) is 70.6 cm³/mol. The number of hydrazine groups is 1. The Morgan fingerprint density at radius 3 is 2.04 bits per heavy atom. The number of nitrogens with one attached hydrogen (secondary N) is 3. The van der Waals surface area contributed by atoms with Crippen molar-refractivity contribution < 1.29 is 44.7 Å². The number of amides is 2. The van der Waals surface area contributed by atoms with Crippen LogP contribution in [0.25, 0.3) is 0 Å². The molecule has 0 bridgehead atoms. The fraction of sp³-hybridized carbons (Fsp3) is 0.364. The molecule has 4 N–H and O–H groups in total. The van der Waals surface area contributed by atoms with Gasteiger partial charge in [0, 0.05) is 0 Å². The van der Waals surface area contributed by atoms with Crippen LogP contribution in [0.5, 0.6) is 5.75 Å². The van der Waals surface area contributed by atoms with Gasteiger partial charge < -0.3 is 10.4 Å². The first kappa shape index (κ1) is 20.8. The molecule has 14 heteroatoms. The zero-order chi connectivity index (χ0) is 19.7. The monoisotopic (exact) mass is 395 g/mol. The predicted octanol–water partition coefficient (Wildman–Crippen LogP) is 1.77. The van der Waals surface area contributed by atoms with E-state index in [1.807, 2.05) is 0 Å². The molecule has 0 heterocycles. The number of aromatic hydroxyl groups is 1. The van der Waals surface area contributed by atoms with Crippen LogP contribution in [0.3, 0.4) is 0 Å². The van der Waals surface area contributed by atoms with Crippen molar-refractivity contribution >= 4 is 16.1 Å². The van der Waals surface area contributed by atoms with E-state index in [9.17, 15) is 39.6 Å². The lowest BCUT2D eigenvalue weighted by atomic mass is 10.0. The van der Waals surface area contributed by atoms with E-state index in [2.05, 4.69) is 0 Å². The van der Waals surface area contributed by atoms with Gasteiger partial charge in [-0.1, -0.05) is 6.07 Å². The molecule has 0 aliphatic carbocycles. The van der Waals surface area contributed by atoms with Crippen LogP contribution in [-0.4, -0.2) is 37.4 Å². The molecule has 0 aliphatic heterocycles. The first-order valence-electron chi connectivity index (χ1n) is 6.12. The molecule has 0 aromatic heterocycles. The highest BCUT2D eigenvalue weighted by Crippen LogP contribution is 2.42. The van der Waals surface area contributed by atoms with Crippen LogP contribution in [0.15, 0.2) is 29.2 Å². The minimum Gasteiger partial charge on any atom is -0.508 e. The molecule has 0 atom stereocenters. The highest BCUT2D eigenvalue weighted by molar-refractivity contribution is 7.89. The third kappa shape index (κ3) is 4.66. The highest BCUT2D eigenvalue weighted by atomic mass is 32.2. The molecule has 1 aromatic rings. The zero-order valence-electron chi connectivity index (χ0n) is 12.2. The molecule has 0 unspecified atom stereocenters. The molecule has 0 radical (unpaired) electrons. The van der Waals surface area contributed by atoms with Crippen LogP contribution in [0.4, 0.5) is 31.1 Å². The molecular formula is C11H11F6N3O4S. The second-order valence-corrected chi connectivity index (χ2v) is 6.48. The Morgan fingerprint density at radius 2 is 1.60 bits per heavy atom. The number of halogens is 6. The molecule has 0 fully saturated rings. The van der Waals surface area contributed by atoms with Gasteiger partial charge in [-0.25, -0.2) is 13.2 Å². The van der Waals surface area contributed by atoms with Crippen molar-refractivity contribution in [1.29, 1.82) is 0 Å². The quantitative estimate of drug-likeness (QED) is 0.460. The van der Waals surface area contributed by atoms with Crippen LogP contribution in [0, 0.1) is 0 Å². The third-order valence-electron chi connectivity index (χ3n) is 2.92. The van der Waals surface area contributed by atoms with Crippen molar-refractivity contribution in [3.05, 3.63) is 24.3 Å². The molecule has 0 saturated heterocycles. The van der Waals surface area contributed by atoms with Crippen molar-refractivity contribution in [2.24, 2.45) is 0 Å². The average molecular weight is 395 g/mol. The van der Waals surface area contributed by atoms with Gasteiger partial charge in [0.1, 0.15) is 5.75 Å². The molecule has 0 aliphatic rings. The number of urea groups is 1. The van der Waals surface area contributed by atoms with Crippen molar-refractivity contribution in [2.75, 3.05) is 0 Å². The van der Waals surface area contributed by atoms with Gasteiger partial charge >= 0.3 is 18.4 Å². The summed E-state index contributed by atoms with van der Waals surface area (Å²) in [5, 5.41) is 9.78. The number of alkyl halides is 6. The van der Waals surface area contributed by atoms with Gasteiger partial charge in [0.2, 0.25) is 5.54 Å². The standard InChI is InChI=1S/C11H11F6N3O4S/c1-9(10(12,13)14,11(15,16)17)18-8(22)19-20-25(23,24)7-4-2-3-6(21)5-7/h2-5,20-21H,1H3,(H2,18,19,22). The van der Waals surface area contributed by atoms with E-state index in [0.29, 0.717) is 5.32 Å². The lowest BCUT2D eigenvalue weighted by Crippen LogP contribution is -2.67. The Balaban J connectivity index is 2.89. The van der Waals surface area contributed by atoms with Crippen molar-refractivity contribution in [3.8, 4) is 5.75 Å². The summed E-state index contributed by atoms with van der Waals surface area (Å²) in [6, 6.07) is 1.81. The van der Waals surface area contributed by atoms with Crippen molar-refractivity contribution in [2.45, 2.75) is 29.7 Å². The van der Waals surface area contributed by atoms with Gasteiger partial charge in [-0.3, -0.25) is 5.43 Å². The molecule has 1 aromatic carbocycles. The Hall–Kier alpha value is -2.22. The number of benzene rings is 1. The second-order valence-electron chi connectivity index (χ2n) is 4.80.